The zero-order chi connectivity index (χ0) is 27.4. The van der Waals surface area contributed by atoms with Crippen molar-refractivity contribution in [1.29, 1.82) is 0 Å². The van der Waals surface area contributed by atoms with Gasteiger partial charge in [0.05, 0.1) is 18.9 Å². The van der Waals surface area contributed by atoms with Crippen LogP contribution in [-0.4, -0.2) is 11.4 Å². The molecule has 3 aromatic carbocycles. The number of nitrogens with zero attached hydrogens (tertiary/aromatic N) is 3. The summed E-state index contributed by atoms with van der Waals surface area (Å²) in [7, 11) is 2.14. The molecule has 0 aliphatic carbocycles. The molecular weight excluding hydrogens is 477 g/mol. The lowest BCUT2D eigenvalue weighted by Crippen LogP contribution is -2.52. The van der Waals surface area contributed by atoms with Gasteiger partial charge >= 0.3 is 12.8 Å². The van der Waals surface area contributed by atoms with Crippen molar-refractivity contribution in [3.05, 3.63) is 102 Å². The van der Waals surface area contributed by atoms with Crippen LogP contribution in [0.25, 0.3) is 33.9 Å². The van der Waals surface area contributed by atoms with E-state index >= 15 is 0 Å². The molecule has 39 heavy (non-hydrogen) atoms. The highest BCUT2D eigenvalue weighted by Crippen LogP contribution is 2.38. The van der Waals surface area contributed by atoms with Crippen molar-refractivity contribution in [3.8, 4) is 16.8 Å². The Bertz CT molecular complexity index is 1680. The standard InChI is InChI=1S/C34H37BN3O/c1-22(2)28-20-26(25-13-9-8-10-14-25)21-29(23(3)4)32(28)37-18-17-36(7)34(37)38-24(5)19-30-27-15-11-12-16-31(27)39-33(30)35(38)6/h8-23H,1-7H3/q+1. The van der Waals surface area contributed by atoms with Gasteiger partial charge in [-0.05, 0) is 72.1 Å². The number of hydrogen-bond donors (Lipinski definition) is 0. The van der Waals surface area contributed by atoms with Crippen LogP contribution in [0.4, 0.5) is 5.95 Å². The van der Waals surface area contributed by atoms with E-state index in [4.69, 9.17) is 4.42 Å². The summed E-state index contributed by atoms with van der Waals surface area (Å²) in [4.78, 5) is 2.42. The molecule has 6 rings (SSSR count). The van der Waals surface area contributed by atoms with E-state index in [0.29, 0.717) is 11.8 Å². The Morgan fingerprint density at radius 2 is 1.49 bits per heavy atom. The Hall–Kier alpha value is -3.99. The number of allylic oxidation sites excluding steroid dienone is 1. The molecule has 0 amide bonds. The number of para-hydroxylation sites is 1. The van der Waals surface area contributed by atoms with Gasteiger partial charge in [-0.2, -0.15) is 0 Å². The molecule has 0 saturated carbocycles. The van der Waals surface area contributed by atoms with Gasteiger partial charge in [-0.3, -0.25) is 4.81 Å². The lowest BCUT2D eigenvalue weighted by molar-refractivity contribution is -0.657. The maximum absolute atomic E-state index is 6.45. The van der Waals surface area contributed by atoms with Crippen molar-refractivity contribution in [3.63, 3.8) is 0 Å². The highest BCUT2D eigenvalue weighted by Gasteiger charge is 2.42. The van der Waals surface area contributed by atoms with Crippen LogP contribution in [0.5, 0.6) is 0 Å². The Labute approximate surface area is 232 Å². The first-order chi connectivity index (χ1) is 18.8. The van der Waals surface area contributed by atoms with Gasteiger partial charge < -0.3 is 4.42 Å². The van der Waals surface area contributed by atoms with Gasteiger partial charge in [0.2, 0.25) is 0 Å². The van der Waals surface area contributed by atoms with Crippen molar-refractivity contribution in [2.24, 2.45) is 7.05 Å². The largest absolute Gasteiger partial charge is 0.466 e. The molecule has 2 aromatic heterocycles. The summed E-state index contributed by atoms with van der Waals surface area (Å²) in [6.07, 6.45) is 6.67. The minimum absolute atomic E-state index is 0.0471. The van der Waals surface area contributed by atoms with Gasteiger partial charge in [-0.1, -0.05) is 76.2 Å². The van der Waals surface area contributed by atoms with E-state index < -0.39 is 0 Å². The van der Waals surface area contributed by atoms with E-state index in [2.05, 4.69) is 142 Å². The number of anilines is 1. The molecule has 4 nitrogen and oxygen atoms in total. The first kappa shape index (κ1) is 25.3. The van der Waals surface area contributed by atoms with Crippen molar-refractivity contribution < 1.29 is 8.98 Å². The molecule has 5 aromatic rings. The molecule has 0 saturated heterocycles. The van der Waals surface area contributed by atoms with Crippen molar-refractivity contribution >= 4 is 35.5 Å². The fourth-order valence-corrected chi connectivity index (χ4v) is 6.14. The van der Waals surface area contributed by atoms with Crippen molar-refractivity contribution in [2.75, 3.05) is 4.81 Å². The summed E-state index contributed by atoms with van der Waals surface area (Å²) in [5, 5.41) is 1.18. The van der Waals surface area contributed by atoms with E-state index in [1.165, 1.54) is 44.6 Å². The predicted octanol–water partition coefficient (Wildman–Crippen LogP) is 7.67. The Balaban J connectivity index is 1.56. The molecule has 5 heteroatoms. The Kier molecular flexibility index (Phi) is 6.25. The van der Waals surface area contributed by atoms with E-state index in [9.17, 15) is 0 Å². The van der Waals surface area contributed by atoms with Gasteiger partial charge in [0, 0.05) is 10.9 Å². The molecule has 0 radical (unpaired) electrons. The summed E-state index contributed by atoms with van der Waals surface area (Å²) < 4.78 is 11.1. The van der Waals surface area contributed by atoms with Crippen LogP contribution in [0.2, 0.25) is 6.82 Å². The first-order valence-electron chi connectivity index (χ1n) is 14.1. The third-order valence-electron chi connectivity index (χ3n) is 8.11. The molecule has 0 unspecified atom stereocenters. The zero-order valence-corrected chi connectivity index (χ0v) is 24.1. The minimum Gasteiger partial charge on any atom is -0.466 e. The summed E-state index contributed by atoms with van der Waals surface area (Å²) in [5.41, 5.74) is 10.9. The molecule has 1 aliphatic heterocycles. The van der Waals surface area contributed by atoms with Crippen LogP contribution in [0.3, 0.4) is 0 Å². The second-order valence-corrected chi connectivity index (χ2v) is 11.5. The number of aryl methyl sites for hydroxylation is 1. The highest BCUT2D eigenvalue weighted by atomic mass is 16.3. The summed E-state index contributed by atoms with van der Waals surface area (Å²) in [6, 6.07) is 23.9. The monoisotopic (exact) mass is 514 g/mol. The summed E-state index contributed by atoms with van der Waals surface area (Å²) in [6.45, 7) is 13.7. The van der Waals surface area contributed by atoms with E-state index in [1.54, 1.807) is 0 Å². The number of hydrogen-bond acceptors (Lipinski definition) is 2. The average molecular weight is 515 g/mol. The molecule has 0 bridgehead atoms. The molecule has 0 fully saturated rings. The van der Waals surface area contributed by atoms with Crippen LogP contribution in [0.1, 0.15) is 63.1 Å². The van der Waals surface area contributed by atoms with Gasteiger partial charge in [0.25, 0.3) is 0 Å². The normalized spacial score (nSPS) is 13.5. The second kappa shape index (κ2) is 9.64. The van der Waals surface area contributed by atoms with E-state index in [-0.39, 0.29) is 6.85 Å². The average Bonchev–Trinajstić information content (AvgIpc) is 3.49. The van der Waals surface area contributed by atoms with Crippen molar-refractivity contribution in [2.45, 2.75) is 53.3 Å². The smallest absolute Gasteiger partial charge is 0.412 e. The van der Waals surface area contributed by atoms with Gasteiger partial charge in [-0.25, -0.2) is 9.13 Å². The van der Waals surface area contributed by atoms with Crippen molar-refractivity contribution in [1.82, 2.24) is 4.57 Å². The summed E-state index contributed by atoms with van der Waals surface area (Å²) >= 11 is 0. The minimum atomic E-state index is 0.0471. The van der Waals surface area contributed by atoms with E-state index in [1.807, 2.05) is 6.07 Å². The lowest BCUT2D eigenvalue weighted by Gasteiger charge is -2.28. The van der Waals surface area contributed by atoms with Crippen LogP contribution in [0.15, 0.2) is 89.2 Å². The van der Waals surface area contributed by atoms with Crippen LogP contribution < -0.4 is 15.0 Å². The fourth-order valence-electron chi connectivity index (χ4n) is 6.14. The maximum Gasteiger partial charge on any atom is 0.412 e. The highest BCUT2D eigenvalue weighted by molar-refractivity contribution is 6.76. The maximum atomic E-state index is 6.45. The Morgan fingerprint density at radius 1 is 0.846 bits per heavy atom. The zero-order valence-electron chi connectivity index (χ0n) is 24.1. The SMILES string of the molecule is CB1c2oc3ccccc3c2C=C(C)N1c1n(-c2c(C(C)C)cc(-c3ccccc3)cc2C(C)C)cc[n+]1C. The van der Waals surface area contributed by atoms with Crippen LogP contribution in [-0.2, 0) is 7.05 Å². The summed E-state index contributed by atoms with van der Waals surface area (Å²) in [5.74, 6) is 1.84. The number of fused-ring (bicyclic) bond motifs is 3. The number of benzene rings is 3. The lowest BCUT2D eigenvalue weighted by atomic mass is 9.57. The number of aromatic nitrogens is 2. The van der Waals surface area contributed by atoms with Gasteiger partial charge in [0.1, 0.15) is 23.1 Å². The molecule has 1 aliphatic rings. The van der Waals surface area contributed by atoms with Crippen LogP contribution >= 0.6 is 0 Å². The number of rotatable bonds is 5. The third kappa shape index (κ3) is 4.12. The molecular formula is C34H37BN3O+. The van der Waals surface area contributed by atoms with E-state index in [0.717, 1.165) is 17.2 Å². The topological polar surface area (TPSA) is 25.2 Å². The second-order valence-electron chi connectivity index (χ2n) is 11.5. The number of imidazole rings is 1. The third-order valence-corrected chi connectivity index (χ3v) is 8.11. The molecule has 3 heterocycles. The fraction of sp³-hybridized carbons (Fsp3) is 0.265. The molecule has 0 N–H and O–H groups in total. The number of furan rings is 1. The molecule has 0 spiro atoms. The quantitative estimate of drug-likeness (QED) is 0.178. The predicted molar refractivity (Wildman–Crippen MR) is 164 cm³/mol. The Morgan fingerprint density at radius 3 is 2.15 bits per heavy atom. The molecule has 196 valence electrons. The van der Waals surface area contributed by atoms with Gasteiger partial charge in [-0.15, -0.1) is 0 Å². The first-order valence-corrected chi connectivity index (χ1v) is 14.1. The van der Waals surface area contributed by atoms with Crippen LogP contribution in [0, 0.1) is 0 Å². The van der Waals surface area contributed by atoms with Gasteiger partial charge in [0.15, 0.2) is 0 Å². The molecule has 0 atom stereocenters.